The number of nitrogen functional groups attached to an aromatic ring is 1. The van der Waals surface area contributed by atoms with Crippen LogP contribution >= 0.6 is 11.3 Å². The summed E-state index contributed by atoms with van der Waals surface area (Å²) in [6.45, 7) is 10.2. The third-order valence-corrected chi connectivity index (χ3v) is 4.02. The van der Waals surface area contributed by atoms with E-state index in [1.165, 1.54) is 11.4 Å². The number of hydrogen-bond donors (Lipinski definition) is 1. The van der Waals surface area contributed by atoms with Gasteiger partial charge in [-0.15, -0.1) is 11.3 Å². The molecule has 1 aliphatic rings. The third kappa shape index (κ3) is 2.72. The van der Waals surface area contributed by atoms with E-state index in [9.17, 15) is 0 Å². The standard InChI is InChI=1S/C11H20N4S/c1-3-15-5-4-14(7-9(15)2)8-10-6-13-11(12)16-10/h6,9H,3-5,7-8H2,1-2H3,(H2,12,13). The largest absolute Gasteiger partial charge is 0.375 e. The summed E-state index contributed by atoms with van der Waals surface area (Å²) in [7, 11) is 0. The lowest BCUT2D eigenvalue weighted by Gasteiger charge is -2.39. The van der Waals surface area contributed by atoms with Gasteiger partial charge in [0.1, 0.15) is 0 Å². The Morgan fingerprint density at radius 3 is 2.94 bits per heavy atom. The van der Waals surface area contributed by atoms with Crippen LogP contribution in [0.25, 0.3) is 0 Å². The molecule has 0 aromatic carbocycles. The predicted molar refractivity (Wildman–Crippen MR) is 68.5 cm³/mol. The molecule has 90 valence electrons. The molecule has 1 unspecified atom stereocenters. The van der Waals surface area contributed by atoms with Crippen molar-refractivity contribution in [1.29, 1.82) is 0 Å². The number of nitrogens with zero attached hydrogens (tertiary/aromatic N) is 3. The zero-order valence-electron chi connectivity index (χ0n) is 10.0. The molecule has 2 N–H and O–H groups in total. The Morgan fingerprint density at radius 2 is 2.38 bits per heavy atom. The third-order valence-electron chi connectivity index (χ3n) is 3.21. The molecule has 1 atom stereocenters. The van der Waals surface area contributed by atoms with Crippen LogP contribution in [0, 0.1) is 0 Å². The highest BCUT2D eigenvalue weighted by Crippen LogP contribution is 2.18. The predicted octanol–water partition coefficient (Wildman–Crippen LogP) is 1.25. The first-order valence-electron chi connectivity index (χ1n) is 5.85. The summed E-state index contributed by atoms with van der Waals surface area (Å²) < 4.78 is 0. The van der Waals surface area contributed by atoms with E-state index < -0.39 is 0 Å². The van der Waals surface area contributed by atoms with Crippen LogP contribution in [0.3, 0.4) is 0 Å². The second-order valence-corrected chi connectivity index (χ2v) is 5.52. The van der Waals surface area contributed by atoms with E-state index >= 15 is 0 Å². The van der Waals surface area contributed by atoms with Gasteiger partial charge in [-0.25, -0.2) is 4.98 Å². The summed E-state index contributed by atoms with van der Waals surface area (Å²) in [5, 5.41) is 0.676. The van der Waals surface area contributed by atoms with Gasteiger partial charge >= 0.3 is 0 Å². The average Bonchev–Trinajstić information content (AvgIpc) is 2.64. The van der Waals surface area contributed by atoms with Crippen LogP contribution in [0.4, 0.5) is 5.13 Å². The Hall–Kier alpha value is -0.650. The lowest BCUT2D eigenvalue weighted by Crippen LogP contribution is -2.51. The van der Waals surface area contributed by atoms with Crippen LogP contribution in [-0.4, -0.2) is 47.0 Å². The highest BCUT2D eigenvalue weighted by molar-refractivity contribution is 7.15. The number of piperazine rings is 1. The molecule has 1 fully saturated rings. The van der Waals surface area contributed by atoms with Crippen molar-refractivity contribution in [2.75, 3.05) is 31.9 Å². The van der Waals surface area contributed by atoms with E-state index in [1.807, 2.05) is 6.20 Å². The molecule has 5 heteroatoms. The number of aromatic nitrogens is 1. The highest BCUT2D eigenvalue weighted by atomic mass is 32.1. The summed E-state index contributed by atoms with van der Waals surface area (Å²) in [5.74, 6) is 0. The maximum absolute atomic E-state index is 5.64. The maximum atomic E-state index is 5.64. The topological polar surface area (TPSA) is 45.4 Å². The van der Waals surface area contributed by atoms with E-state index in [0.717, 1.165) is 26.2 Å². The Bertz CT molecular complexity index is 338. The van der Waals surface area contributed by atoms with Crippen molar-refractivity contribution >= 4 is 16.5 Å². The Kier molecular flexibility index (Phi) is 3.78. The smallest absolute Gasteiger partial charge is 0.180 e. The Labute approximate surface area is 101 Å². The number of thiazole rings is 1. The first kappa shape index (κ1) is 11.8. The summed E-state index contributed by atoms with van der Waals surface area (Å²) in [5.41, 5.74) is 5.64. The minimum absolute atomic E-state index is 0.656. The zero-order chi connectivity index (χ0) is 11.5. The summed E-state index contributed by atoms with van der Waals surface area (Å²) >= 11 is 1.60. The molecule has 1 aromatic heterocycles. The van der Waals surface area contributed by atoms with E-state index in [1.54, 1.807) is 11.3 Å². The van der Waals surface area contributed by atoms with Crippen LogP contribution in [0.5, 0.6) is 0 Å². The lowest BCUT2D eigenvalue weighted by molar-refractivity contribution is 0.0840. The van der Waals surface area contributed by atoms with Crippen LogP contribution in [-0.2, 0) is 6.54 Å². The molecule has 0 radical (unpaired) electrons. The number of rotatable bonds is 3. The first-order valence-corrected chi connectivity index (χ1v) is 6.67. The van der Waals surface area contributed by atoms with Crippen molar-refractivity contribution < 1.29 is 0 Å². The fourth-order valence-corrected chi connectivity index (χ4v) is 3.03. The fourth-order valence-electron chi connectivity index (χ4n) is 2.30. The molecule has 4 nitrogen and oxygen atoms in total. The van der Waals surface area contributed by atoms with E-state index in [-0.39, 0.29) is 0 Å². The molecule has 1 aliphatic heterocycles. The highest BCUT2D eigenvalue weighted by Gasteiger charge is 2.22. The molecule has 0 spiro atoms. The molecule has 0 amide bonds. The second kappa shape index (κ2) is 5.12. The van der Waals surface area contributed by atoms with Crippen LogP contribution in [0.1, 0.15) is 18.7 Å². The first-order chi connectivity index (χ1) is 7.69. The SMILES string of the molecule is CCN1CCN(Cc2cnc(N)s2)CC1C. The van der Waals surface area contributed by atoms with E-state index in [0.29, 0.717) is 11.2 Å². The fraction of sp³-hybridized carbons (Fsp3) is 0.727. The molecule has 16 heavy (non-hydrogen) atoms. The van der Waals surface area contributed by atoms with Gasteiger partial charge in [-0.1, -0.05) is 6.92 Å². The van der Waals surface area contributed by atoms with E-state index in [4.69, 9.17) is 5.73 Å². The number of likely N-dealkylation sites (N-methyl/N-ethyl adjacent to an activating group) is 1. The molecule has 2 rings (SSSR count). The number of hydrogen-bond acceptors (Lipinski definition) is 5. The number of anilines is 1. The van der Waals surface area contributed by atoms with Gasteiger partial charge in [-0.2, -0.15) is 0 Å². The van der Waals surface area contributed by atoms with E-state index in [2.05, 4.69) is 28.6 Å². The molecule has 2 heterocycles. The maximum Gasteiger partial charge on any atom is 0.180 e. The van der Waals surface area contributed by atoms with Crippen LogP contribution in [0.2, 0.25) is 0 Å². The van der Waals surface area contributed by atoms with Crippen LogP contribution in [0.15, 0.2) is 6.20 Å². The number of nitrogens with two attached hydrogens (primary N) is 1. The summed E-state index contributed by atoms with van der Waals surface area (Å²) in [6, 6.07) is 0.656. The van der Waals surface area contributed by atoms with Crippen molar-refractivity contribution in [3.8, 4) is 0 Å². The van der Waals surface area contributed by atoms with Crippen molar-refractivity contribution in [3.05, 3.63) is 11.1 Å². The van der Waals surface area contributed by atoms with Crippen molar-refractivity contribution in [1.82, 2.24) is 14.8 Å². The summed E-state index contributed by atoms with van der Waals surface area (Å²) in [6.07, 6.45) is 1.90. The van der Waals surface area contributed by atoms with Gasteiger partial charge in [-0.3, -0.25) is 9.80 Å². The zero-order valence-corrected chi connectivity index (χ0v) is 10.8. The molecular weight excluding hydrogens is 220 g/mol. The van der Waals surface area contributed by atoms with Gasteiger partial charge in [0.2, 0.25) is 0 Å². The normalized spacial score (nSPS) is 23.8. The van der Waals surface area contributed by atoms with Crippen molar-refractivity contribution in [2.45, 2.75) is 26.4 Å². The van der Waals surface area contributed by atoms with Crippen molar-refractivity contribution in [3.63, 3.8) is 0 Å². The van der Waals surface area contributed by atoms with Crippen LogP contribution < -0.4 is 5.73 Å². The molecule has 0 saturated carbocycles. The molecule has 1 saturated heterocycles. The van der Waals surface area contributed by atoms with Crippen molar-refractivity contribution in [2.24, 2.45) is 0 Å². The van der Waals surface area contributed by atoms with Gasteiger partial charge in [0, 0.05) is 43.3 Å². The molecule has 0 bridgehead atoms. The quantitative estimate of drug-likeness (QED) is 0.864. The van der Waals surface area contributed by atoms with Gasteiger partial charge in [0.15, 0.2) is 5.13 Å². The van der Waals surface area contributed by atoms with Gasteiger partial charge in [-0.05, 0) is 13.5 Å². The summed E-state index contributed by atoms with van der Waals surface area (Å²) in [4.78, 5) is 10.4. The monoisotopic (exact) mass is 240 g/mol. The lowest BCUT2D eigenvalue weighted by atomic mass is 10.2. The minimum Gasteiger partial charge on any atom is -0.375 e. The molecule has 1 aromatic rings. The van der Waals surface area contributed by atoms with Gasteiger partial charge < -0.3 is 5.73 Å². The second-order valence-electron chi connectivity index (χ2n) is 4.38. The Balaban J connectivity index is 1.88. The average molecular weight is 240 g/mol. The molecular formula is C11H20N4S. The molecule has 0 aliphatic carbocycles. The minimum atomic E-state index is 0.656. The van der Waals surface area contributed by atoms with Gasteiger partial charge in [0.05, 0.1) is 0 Å². The Morgan fingerprint density at radius 1 is 1.56 bits per heavy atom. The van der Waals surface area contributed by atoms with Gasteiger partial charge in [0.25, 0.3) is 0 Å².